The van der Waals surface area contributed by atoms with Gasteiger partial charge in [0.05, 0.1) is 6.54 Å². The van der Waals surface area contributed by atoms with Gasteiger partial charge in [-0.05, 0) is 43.7 Å². The predicted molar refractivity (Wildman–Crippen MR) is 93.7 cm³/mol. The molecule has 8 heteroatoms. The van der Waals surface area contributed by atoms with Crippen molar-refractivity contribution in [2.45, 2.75) is 19.9 Å². The molecule has 3 rings (SSSR count). The maximum absolute atomic E-state index is 13.1. The first kappa shape index (κ1) is 18.6. The zero-order chi connectivity index (χ0) is 19.7. The maximum atomic E-state index is 13.1. The lowest BCUT2D eigenvalue weighted by Crippen LogP contribution is -2.37. The molecule has 1 aliphatic heterocycles. The highest BCUT2D eigenvalue weighted by Gasteiger charge is 2.39. The third-order valence-corrected chi connectivity index (χ3v) is 4.61. The van der Waals surface area contributed by atoms with E-state index in [9.17, 15) is 18.8 Å². The Balaban J connectivity index is 1.68. The molecule has 2 aromatic rings. The van der Waals surface area contributed by atoms with Gasteiger partial charge in [-0.1, -0.05) is 0 Å². The lowest BCUT2D eigenvalue weighted by Gasteiger charge is -2.20. The number of carboxylic acids is 1. The highest BCUT2D eigenvalue weighted by atomic mass is 19.1. The molecular formula is C19H19FN2O5. The molecule has 27 heavy (non-hydrogen) atoms. The molecule has 0 bridgehead atoms. The van der Waals surface area contributed by atoms with Crippen LogP contribution in [0.5, 0.6) is 0 Å². The predicted octanol–water partition coefficient (Wildman–Crippen LogP) is 2.44. The van der Waals surface area contributed by atoms with Crippen molar-refractivity contribution in [1.82, 2.24) is 4.90 Å². The molecule has 1 fully saturated rings. The number of aryl methyl sites for hydroxylation is 1. The van der Waals surface area contributed by atoms with Crippen molar-refractivity contribution in [3.63, 3.8) is 0 Å². The first-order valence-corrected chi connectivity index (χ1v) is 8.42. The number of furan rings is 1. The molecule has 0 spiro atoms. The average molecular weight is 374 g/mol. The van der Waals surface area contributed by atoms with Crippen LogP contribution in [0.1, 0.15) is 28.3 Å². The summed E-state index contributed by atoms with van der Waals surface area (Å²) in [6.07, 6.45) is 0.358. The number of aromatic carboxylic acids is 1. The highest BCUT2D eigenvalue weighted by molar-refractivity contribution is 6.09. The normalized spacial score (nSPS) is 16.6. The first-order chi connectivity index (χ1) is 12.8. The van der Waals surface area contributed by atoms with E-state index in [2.05, 4.69) is 0 Å². The van der Waals surface area contributed by atoms with Crippen molar-refractivity contribution in [3.8, 4) is 0 Å². The van der Waals surface area contributed by atoms with Crippen LogP contribution in [0.25, 0.3) is 0 Å². The molecule has 0 aliphatic carbocycles. The van der Waals surface area contributed by atoms with Gasteiger partial charge < -0.3 is 19.3 Å². The fourth-order valence-electron chi connectivity index (χ4n) is 3.20. The average Bonchev–Trinajstić information content (AvgIpc) is 3.18. The quantitative estimate of drug-likeness (QED) is 0.812. The summed E-state index contributed by atoms with van der Waals surface area (Å²) in [5.41, 5.74) is 0.595. The van der Waals surface area contributed by atoms with E-state index in [1.807, 2.05) is 0 Å². The van der Waals surface area contributed by atoms with Crippen molar-refractivity contribution in [2.75, 3.05) is 18.5 Å². The number of nitrogens with zero attached hydrogens (tertiary/aromatic N) is 2. The van der Waals surface area contributed by atoms with Crippen molar-refractivity contribution in [1.29, 1.82) is 0 Å². The molecule has 2 heterocycles. The van der Waals surface area contributed by atoms with Gasteiger partial charge in [0.25, 0.3) is 0 Å². The number of carbonyl (C=O) groups is 3. The Morgan fingerprint density at radius 3 is 2.59 bits per heavy atom. The third kappa shape index (κ3) is 3.69. The summed E-state index contributed by atoms with van der Waals surface area (Å²) >= 11 is 0. The summed E-state index contributed by atoms with van der Waals surface area (Å²) in [6.45, 7) is 1.97. The van der Waals surface area contributed by atoms with Crippen molar-refractivity contribution < 1.29 is 28.3 Å². The number of carbonyl (C=O) groups excluding carboxylic acids is 2. The Morgan fingerprint density at radius 1 is 1.33 bits per heavy atom. The van der Waals surface area contributed by atoms with E-state index in [1.165, 1.54) is 54.1 Å². The van der Waals surface area contributed by atoms with Gasteiger partial charge in [0.1, 0.15) is 28.8 Å². The van der Waals surface area contributed by atoms with Crippen LogP contribution in [-0.4, -0.2) is 41.4 Å². The van der Waals surface area contributed by atoms with E-state index >= 15 is 0 Å². The van der Waals surface area contributed by atoms with Gasteiger partial charge in [-0.15, -0.1) is 0 Å². The minimum absolute atomic E-state index is 0.0466. The second-order valence-corrected chi connectivity index (χ2v) is 6.49. The van der Waals surface area contributed by atoms with Gasteiger partial charge in [0.15, 0.2) is 0 Å². The van der Waals surface area contributed by atoms with E-state index in [0.717, 1.165) is 0 Å². The van der Waals surface area contributed by atoms with Crippen LogP contribution in [0.2, 0.25) is 0 Å². The minimum Gasteiger partial charge on any atom is -0.478 e. The van der Waals surface area contributed by atoms with Crippen LogP contribution in [0.3, 0.4) is 0 Å². The Bertz CT molecular complexity index is 890. The van der Waals surface area contributed by atoms with Crippen molar-refractivity contribution >= 4 is 23.5 Å². The standard InChI is InChI=1S/C19H19FN2O5/c1-11-16(19(25)26)9-14(27-11)10-21(2)17(23)15-7-8-22(18(15)24)13-5-3-12(20)4-6-13/h3-6,9,15H,7-8,10H2,1-2H3,(H,25,26). The Hall–Kier alpha value is -3.16. The Morgan fingerprint density at radius 2 is 2.00 bits per heavy atom. The molecule has 0 saturated carbocycles. The monoisotopic (exact) mass is 374 g/mol. The fraction of sp³-hybridized carbons (Fsp3) is 0.316. The second-order valence-electron chi connectivity index (χ2n) is 6.49. The number of hydrogen-bond acceptors (Lipinski definition) is 4. The van der Waals surface area contributed by atoms with E-state index in [4.69, 9.17) is 9.52 Å². The summed E-state index contributed by atoms with van der Waals surface area (Å²) < 4.78 is 18.4. The van der Waals surface area contributed by atoms with Crippen LogP contribution in [0, 0.1) is 18.7 Å². The number of halogens is 1. The van der Waals surface area contributed by atoms with Crippen molar-refractivity contribution in [3.05, 3.63) is 53.2 Å². The van der Waals surface area contributed by atoms with E-state index < -0.39 is 17.7 Å². The van der Waals surface area contributed by atoms with E-state index in [0.29, 0.717) is 24.4 Å². The highest BCUT2D eigenvalue weighted by Crippen LogP contribution is 2.27. The topological polar surface area (TPSA) is 91.1 Å². The van der Waals surface area contributed by atoms with Gasteiger partial charge in [-0.25, -0.2) is 9.18 Å². The van der Waals surface area contributed by atoms with E-state index in [1.54, 1.807) is 0 Å². The summed E-state index contributed by atoms with van der Waals surface area (Å²) in [5.74, 6) is -2.42. The minimum atomic E-state index is -1.10. The Labute approximate surface area is 155 Å². The smallest absolute Gasteiger partial charge is 0.339 e. The molecule has 1 N–H and O–H groups in total. The molecule has 0 radical (unpaired) electrons. The molecule has 1 aliphatic rings. The molecule has 2 amide bonds. The number of carboxylic acid groups (broad SMARTS) is 1. The lowest BCUT2D eigenvalue weighted by molar-refractivity contribution is -0.139. The molecule has 1 atom stereocenters. The summed E-state index contributed by atoms with van der Waals surface area (Å²) in [5, 5.41) is 9.07. The number of hydrogen-bond donors (Lipinski definition) is 1. The second kappa shape index (κ2) is 7.22. The van der Waals surface area contributed by atoms with Crippen LogP contribution < -0.4 is 4.90 Å². The van der Waals surface area contributed by atoms with Gasteiger partial charge in [-0.3, -0.25) is 9.59 Å². The summed E-state index contributed by atoms with van der Waals surface area (Å²) in [4.78, 5) is 39.2. The van der Waals surface area contributed by atoms with Gasteiger partial charge >= 0.3 is 5.97 Å². The van der Waals surface area contributed by atoms with Crippen LogP contribution >= 0.6 is 0 Å². The molecule has 1 unspecified atom stereocenters. The first-order valence-electron chi connectivity index (χ1n) is 8.42. The molecule has 1 aromatic heterocycles. The van der Waals surface area contributed by atoms with Crippen LogP contribution in [0.15, 0.2) is 34.7 Å². The lowest BCUT2D eigenvalue weighted by atomic mass is 10.1. The molecule has 1 saturated heterocycles. The third-order valence-electron chi connectivity index (χ3n) is 4.61. The van der Waals surface area contributed by atoms with Gasteiger partial charge in [-0.2, -0.15) is 0 Å². The summed E-state index contributed by atoms with van der Waals surface area (Å²) in [6, 6.07) is 6.92. The van der Waals surface area contributed by atoms with Gasteiger partial charge in [0.2, 0.25) is 11.8 Å². The Kier molecular flexibility index (Phi) is 4.98. The zero-order valence-corrected chi connectivity index (χ0v) is 14.9. The van der Waals surface area contributed by atoms with Crippen molar-refractivity contribution in [2.24, 2.45) is 5.92 Å². The SMILES string of the molecule is Cc1oc(CN(C)C(=O)C2CCN(c3ccc(F)cc3)C2=O)cc1C(=O)O. The number of rotatable bonds is 5. The number of amides is 2. The van der Waals surface area contributed by atoms with E-state index in [-0.39, 0.29) is 29.7 Å². The van der Waals surface area contributed by atoms with Crippen LogP contribution in [0.4, 0.5) is 10.1 Å². The summed E-state index contributed by atoms with van der Waals surface area (Å²) in [7, 11) is 1.54. The fourth-order valence-corrected chi connectivity index (χ4v) is 3.20. The molecule has 142 valence electrons. The zero-order valence-electron chi connectivity index (χ0n) is 14.9. The number of benzene rings is 1. The molecule has 7 nitrogen and oxygen atoms in total. The molecule has 1 aromatic carbocycles. The van der Waals surface area contributed by atoms with Gasteiger partial charge in [0, 0.05) is 19.3 Å². The largest absolute Gasteiger partial charge is 0.478 e. The molecular weight excluding hydrogens is 355 g/mol. The maximum Gasteiger partial charge on any atom is 0.339 e. The number of anilines is 1. The van der Waals surface area contributed by atoms with Crippen LogP contribution in [-0.2, 0) is 16.1 Å².